The van der Waals surface area contributed by atoms with Crippen LogP contribution in [0.2, 0.25) is 0 Å². The number of hydrogen-bond acceptors (Lipinski definition) is 4. The van der Waals surface area contributed by atoms with Crippen LogP contribution < -0.4 is 10.1 Å². The summed E-state index contributed by atoms with van der Waals surface area (Å²) in [7, 11) is 1.65. The quantitative estimate of drug-likeness (QED) is 0.764. The monoisotopic (exact) mass is 287 g/mol. The second-order valence-corrected chi connectivity index (χ2v) is 4.82. The Morgan fingerprint density at radius 2 is 1.67 bits per heavy atom. The number of anilines is 1. The van der Waals surface area contributed by atoms with Gasteiger partial charge in [-0.3, -0.25) is 0 Å². The standard InChI is InChI=1S/C17H21NO3/c1-13(14-3-7-16(19)8-4-14)18-15-5-9-17(10-6-15)21-12-11-20-2/h3-10,13,18-19H,11-12H2,1-2H3. The summed E-state index contributed by atoms with van der Waals surface area (Å²) in [6.45, 7) is 3.21. The van der Waals surface area contributed by atoms with Crippen LogP contribution in [-0.2, 0) is 4.74 Å². The van der Waals surface area contributed by atoms with E-state index in [4.69, 9.17) is 9.47 Å². The van der Waals surface area contributed by atoms with Gasteiger partial charge in [-0.05, 0) is 48.9 Å². The fourth-order valence-corrected chi connectivity index (χ4v) is 1.99. The van der Waals surface area contributed by atoms with Crippen molar-refractivity contribution in [3.63, 3.8) is 0 Å². The van der Waals surface area contributed by atoms with Gasteiger partial charge in [0.25, 0.3) is 0 Å². The third kappa shape index (κ3) is 4.68. The fourth-order valence-electron chi connectivity index (χ4n) is 1.99. The Morgan fingerprint density at radius 3 is 2.29 bits per heavy atom. The summed E-state index contributed by atoms with van der Waals surface area (Å²) in [5.41, 5.74) is 2.14. The van der Waals surface area contributed by atoms with Gasteiger partial charge in [0, 0.05) is 18.8 Å². The molecule has 2 rings (SSSR count). The minimum atomic E-state index is 0.158. The smallest absolute Gasteiger partial charge is 0.119 e. The molecule has 0 spiro atoms. The van der Waals surface area contributed by atoms with Gasteiger partial charge in [-0.15, -0.1) is 0 Å². The van der Waals surface area contributed by atoms with Crippen molar-refractivity contribution in [2.45, 2.75) is 13.0 Å². The first-order valence-electron chi connectivity index (χ1n) is 6.96. The molecule has 1 atom stereocenters. The average molecular weight is 287 g/mol. The van der Waals surface area contributed by atoms with Crippen LogP contribution in [-0.4, -0.2) is 25.4 Å². The molecule has 0 amide bonds. The Hall–Kier alpha value is -2.20. The summed E-state index contributed by atoms with van der Waals surface area (Å²) in [5, 5.41) is 12.7. The molecule has 0 aliphatic rings. The molecule has 4 nitrogen and oxygen atoms in total. The lowest BCUT2D eigenvalue weighted by Gasteiger charge is -2.16. The van der Waals surface area contributed by atoms with Crippen LogP contribution in [0.5, 0.6) is 11.5 Å². The summed E-state index contributed by atoms with van der Waals surface area (Å²) in [6.07, 6.45) is 0. The molecule has 0 radical (unpaired) electrons. The van der Waals surface area contributed by atoms with E-state index in [1.54, 1.807) is 19.2 Å². The van der Waals surface area contributed by atoms with Gasteiger partial charge in [-0.2, -0.15) is 0 Å². The molecule has 2 aromatic rings. The van der Waals surface area contributed by atoms with Crippen molar-refractivity contribution < 1.29 is 14.6 Å². The van der Waals surface area contributed by atoms with Gasteiger partial charge in [0.2, 0.25) is 0 Å². The summed E-state index contributed by atoms with van der Waals surface area (Å²) >= 11 is 0. The van der Waals surface area contributed by atoms with Gasteiger partial charge in [0.05, 0.1) is 6.61 Å². The normalized spacial score (nSPS) is 11.9. The highest BCUT2D eigenvalue weighted by Gasteiger charge is 2.05. The molecular weight excluding hydrogens is 266 g/mol. The average Bonchev–Trinajstić information content (AvgIpc) is 2.50. The number of aromatic hydroxyl groups is 1. The van der Waals surface area contributed by atoms with Crippen LogP contribution >= 0.6 is 0 Å². The number of hydrogen-bond donors (Lipinski definition) is 2. The molecule has 0 saturated carbocycles. The molecule has 0 heterocycles. The molecule has 0 bridgehead atoms. The molecule has 0 aliphatic heterocycles. The Labute approximate surface area is 125 Å². The second kappa shape index (κ2) is 7.55. The van der Waals surface area contributed by atoms with Gasteiger partial charge in [-0.1, -0.05) is 12.1 Å². The van der Waals surface area contributed by atoms with Crippen molar-refractivity contribution in [3.05, 3.63) is 54.1 Å². The number of phenols is 1. The van der Waals surface area contributed by atoms with Crippen molar-refractivity contribution in [2.24, 2.45) is 0 Å². The minimum Gasteiger partial charge on any atom is -0.508 e. The summed E-state index contributed by atoms with van der Waals surface area (Å²) in [5.74, 6) is 1.11. The fraction of sp³-hybridized carbons (Fsp3) is 0.294. The van der Waals surface area contributed by atoms with E-state index < -0.39 is 0 Å². The Bertz CT molecular complexity index is 537. The molecule has 4 heteroatoms. The third-order valence-corrected chi connectivity index (χ3v) is 3.19. The topological polar surface area (TPSA) is 50.7 Å². The highest BCUT2D eigenvalue weighted by Crippen LogP contribution is 2.22. The summed E-state index contributed by atoms with van der Waals surface area (Å²) in [6, 6.07) is 15.2. The first kappa shape index (κ1) is 15.2. The van der Waals surface area contributed by atoms with Crippen LogP contribution in [0.25, 0.3) is 0 Å². The third-order valence-electron chi connectivity index (χ3n) is 3.19. The van der Waals surface area contributed by atoms with Gasteiger partial charge in [0.1, 0.15) is 18.1 Å². The van der Waals surface area contributed by atoms with E-state index in [0.29, 0.717) is 13.2 Å². The Morgan fingerprint density at radius 1 is 1.00 bits per heavy atom. The van der Waals surface area contributed by atoms with E-state index in [1.807, 2.05) is 36.4 Å². The molecule has 2 N–H and O–H groups in total. The molecule has 2 aromatic carbocycles. The number of methoxy groups -OCH3 is 1. The lowest BCUT2D eigenvalue weighted by Crippen LogP contribution is -2.07. The molecule has 112 valence electrons. The minimum absolute atomic E-state index is 0.158. The molecular formula is C17H21NO3. The van der Waals surface area contributed by atoms with Gasteiger partial charge in [-0.25, -0.2) is 0 Å². The Balaban J connectivity index is 1.91. The summed E-state index contributed by atoms with van der Waals surface area (Å²) < 4.78 is 10.5. The maximum atomic E-state index is 9.30. The lowest BCUT2D eigenvalue weighted by molar-refractivity contribution is 0.146. The van der Waals surface area contributed by atoms with E-state index in [-0.39, 0.29) is 11.8 Å². The number of rotatable bonds is 7. The lowest BCUT2D eigenvalue weighted by atomic mass is 10.1. The van der Waals surface area contributed by atoms with E-state index in [2.05, 4.69) is 12.2 Å². The SMILES string of the molecule is COCCOc1ccc(NC(C)c2ccc(O)cc2)cc1. The predicted molar refractivity (Wildman–Crippen MR) is 84.0 cm³/mol. The highest BCUT2D eigenvalue weighted by molar-refractivity contribution is 5.48. The zero-order chi connectivity index (χ0) is 15.1. The highest BCUT2D eigenvalue weighted by atomic mass is 16.5. The Kier molecular flexibility index (Phi) is 5.46. The van der Waals surface area contributed by atoms with Crippen LogP contribution in [0.1, 0.15) is 18.5 Å². The number of ether oxygens (including phenoxy) is 2. The maximum Gasteiger partial charge on any atom is 0.119 e. The van der Waals surface area contributed by atoms with E-state index in [9.17, 15) is 5.11 Å². The first-order valence-corrected chi connectivity index (χ1v) is 6.96. The van der Waals surface area contributed by atoms with Gasteiger partial charge in [0.15, 0.2) is 0 Å². The van der Waals surface area contributed by atoms with E-state index >= 15 is 0 Å². The zero-order valence-corrected chi connectivity index (χ0v) is 12.4. The molecule has 0 fully saturated rings. The summed E-state index contributed by atoms with van der Waals surface area (Å²) in [4.78, 5) is 0. The molecule has 0 saturated heterocycles. The number of nitrogens with one attached hydrogen (secondary N) is 1. The number of benzene rings is 2. The van der Waals surface area contributed by atoms with Crippen LogP contribution in [0.4, 0.5) is 5.69 Å². The molecule has 21 heavy (non-hydrogen) atoms. The van der Waals surface area contributed by atoms with E-state index in [0.717, 1.165) is 17.0 Å². The van der Waals surface area contributed by atoms with Crippen LogP contribution in [0.3, 0.4) is 0 Å². The molecule has 0 aliphatic carbocycles. The van der Waals surface area contributed by atoms with Gasteiger partial charge >= 0.3 is 0 Å². The predicted octanol–water partition coefficient (Wildman–Crippen LogP) is 3.59. The van der Waals surface area contributed by atoms with Crippen molar-refractivity contribution in [1.29, 1.82) is 0 Å². The van der Waals surface area contributed by atoms with Crippen LogP contribution in [0.15, 0.2) is 48.5 Å². The van der Waals surface area contributed by atoms with Crippen molar-refractivity contribution in [2.75, 3.05) is 25.6 Å². The van der Waals surface area contributed by atoms with Crippen molar-refractivity contribution >= 4 is 5.69 Å². The first-order chi connectivity index (χ1) is 10.2. The number of phenolic OH excluding ortho intramolecular Hbond substituents is 1. The van der Waals surface area contributed by atoms with Gasteiger partial charge < -0.3 is 19.9 Å². The van der Waals surface area contributed by atoms with Crippen molar-refractivity contribution in [1.82, 2.24) is 0 Å². The van der Waals surface area contributed by atoms with E-state index in [1.165, 1.54) is 0 Å². The van der Waals surface area contributed by atoms with Crippen molar-refractivity contribution in [3.8, 4) is 11.5 Å². The molecule has 0 aromatic heterocycles. The molecule has 1 unspecified atom stereocenters. The largest absolute Gasteiger partial charge is 0.508 e. The van der Waals surface area contributed by atoms with Crippen LogP contribution in [0, 0.1) is 0 Å². The maximum absolute atomic E-state index is 9.30. The second-order valence-electron chi connectivity index (χ2n) is 4.82. The zero-order valence-electron chi connectivity index (χ0n) is 12.4.